The van der Waals surface area contributed by atoms with E-state index < -0.39 is 6.10 Å². The summed E-state index contributed by atoms with van der Waals surface area (Å²) in [5.74, 6) is 0.549. The minimum absolute atomic E-state index is 0.266. The van der Waals surface area contributed by atoms with Gasteiger partial charge in [0.05, 0.1) is 19.8 Å². The molecule has 2 aromatic rings. The predicted octanol–water partition coefficient (Wildman–Crippen LogP) is -0.0494. The molecule has 0 radical (unpaired) electrons. The lowest BCUT2D eigenvalue weighted by molar-refractivity contribution is 0.105. The van der Waals surface area contributed by atoms with Crippen molar-refractivity contribution in [3.63, 3.8) is 0 Å². The summed E-state index contributed by atoms with van der Waals surface area (Å²) >= 11 is 0. The van der Waals surface area contributed by atoms with E-state index >= 15 is 0 Å². The highest BCUT2D eigenvalue weighted by atomic mass is 16.3. The lowest BCUT2D eigenvalue weighted by atomic mass is 10.1. The van der Waals surface area contributed by atoms with Crippen LogP contribution < -0.4 is 5.32 Å². The van der Waals surface area contributed by atoms with E-state index in [4.69, 9.17) is 5.11 Å². The van der Waals surface area contributed by atoms with E-state index in [1.165, 1.54) is 4.80 Å². The zero-order chi connectivity index (χ0) is 13.8. The second-order valence-electron chi connectivity index (χ2n) is 4.35. The minimum atomic E-state index is -0.780. The molecular formula is C12H17N5O2. The zero-order valence-electron chi connectivity index (χ0n) is 10.9. The Balaban J connectivity index is 2.19. The van der Waals surface area contributed by atoms with Crippen LogP contribution in [0.3, 0.4) is 0 Å². The maximum Gasteiger partial charge on any atom is 0.204 e. The molecule has 2 rings (SSSR count). The number of hydrogen-bond acceptors (Lipinski definition) is 6. The van der Waals surface area contributed by atoms with E-state index in [1.54, 1.807) is 7.05 Å². The quantitative estimate of drug-likeness (QED) is 0.700. The maximum absolute atomic E-state index is 9.35. The molecule has 0 aliphatic carbocycles. The number of nitrogens with one attached hydrogen (secondary N) is 1. The fourth-order valence-electron chi connectivity index (χ4n) is 1.64. The number of aryl methyl sites for hydroxylation is 2. The van der Waals surface area contributed by atoms with Crippen LogP contribution in [0.5, 0.6) is 0 Å². The average molecular weight is 263 g/mol. The molecule has 0 aliphatic rings. The third-order valence-electron chi connectivity index (χ3n) is 2.74. The largest absolute Gasteiger partial charge is 0.394 e. The molecule has 19 heavy (non-hydrogen) atoms. The smallest absolute Gasteiger partial charge is 0.204 e. The van der Waals surface area contributed by atoms with E-state index in [1.807, 2.05) is 25.1 Å². The van der Waals surface area contributed by atoms with Crippen molar-refractivity contribution in [2.45, 2.75) is 13.0 Å². The van der Waals surface area contributed by atoms with E-state index in [-0.39, 0.29) is 13.2 Å². The van der Waals surface area contributed by atoms with Crippen molar-refractivity contribution in [2.75, 3.05) is 18.5 Å². The van der Waals surface area contributed by atoms with Crippen molar-refractivity contribution in [1.82, 2.24) is 20.2 Å². The van der Waals surface area contributed by atoms with Gasteiger partial charge in [-0.1, -0.05) is 12.1 Å². The summed E-state index contributed by atoms with van der Waals surface area (Å²) in [7, 11) is 1.71. The summed E-state index contributed by atoms with van der Waals surface area (Å²) in [5, 5.41) is 33.1. The Morgan fingerprint density at radius 2 is 2.21 bits per heavy atom. The number of benzene rings is 1. The van der Waals surface area contributed by atoms with Gasteiger partial charge >= 0.3 is 0 Å². The van der Waals surface area contributed by atoms with E-state index in [2.05, 4.69) is 20.7 Å². The van der Waals surface area contributed by atoms with Crippen molar-refractivity contribution in [1.29, 1.82) is 0 Å². The van der Waals surface area contributed by atoms with Gasteiger partial charge in [0.2, 0.25) is 5.82 Å². The molecule has 3 N–H and O–H groups in total. The Kier molecular flexibility index (Phi) is 4.08. The maximum atomic E-state index is 9.35. The highest BCUT2D eigenvalue weighted by Crippen LogP contribution is 2.22. The predicted molar refractivity (Wildman–Crippen MR) is 70.6 cm³/mol. The van der Waals surface area contributed by atoms with E-state index in [0.29, 0.717) is 5.82 Å². The van der Waals surface area contributed by atoms with Gasteiger partial charge in [0.1, 0.15) is 0 Å². The van der Waals surface area contributed by atoms with Gasteiger partial charge in [-0.05, 0) is 23.8 Å². The molecule has 0 saturated heterocycles. The van der Waals surface area contributed by atoms with Crippen LogP contribution >= 0.6 is 0 Å². The molecule has 1 heterocycles. The zero-order valence-corrected chi connectivity index (χ0v) is 10.9. The molecular weight excluding hydrogens is 246 g/mol. The summed E-state index contributed by atoms with van der Waals surface area (Å²) in [4.78, 5) is 1.40. The number of aliphatic hydroxyl groups is 2. The van der Waals surface area contributed by atoms with Gasteiger partial charge in [0.25, 0.3) is 0 Å². The number of rotatable bonds is 5. The molecule has 0 saturated carbocycles. The SMILES string of the molecule is Cc1ccc(-c2nnn(C)n2)cc1NCC(O)CO. The molecule has 102 valence electrons. The van der Waals surface area contributed by atoms with Crippen LogP contribution in [-0.2, 0) is 7.05 Å². The van der Waals surface area contributed by atoms with Crippen molar-refractivity contribution in [2.24, 2.45) is 7.05 Å². The molecule has 0 spiro atoms. The number of aromatic nitrogens is 4. The van der Waals surface area contributed by atoms with Gasteiger partial charge in [-0.25, -0.2) is 0 Å². The fourth-order valence-corrected chi connectivity index (χ4v) is 1.64. The summed E-state index contributed by atoms with van der Waals surface area (Å²) in [6, 6.07) is 5.76. The number of aliphatic hydroxyl groups excluding tert-OH is 2. The molecule has 0 aliphatic heterocycles. The molecule has 1 unspecified atom stereocenters. The van der Waals surface area contributed by atoms with Crippen LogP contribution in [0.15, 0.2) is 18.2 Å². The first-order valence-electron chi connectivity index (χ1n) is 5.98. The number of nitrogens with zero attached hydrogens (tertiary/aromatic N) is 4. The fraction of sp³-hybridized carbons (Fsp3) is 0.417. The topological polar surface area (TPSA) is 96.1 Å². The Hall–Kier alpha value is -1.99. The van der Waals surface area contributed by atoms with Gasteiger partial charge in [-0.15, -0.1) is 10.2 Å². The lowest BCUT2D eigenvalue weighted by Gasteiger charge is -2.13. The molecule has 1 atom stereocenters. The van der Waals surface area contributed by atoms with Crippen molar-refractivity contribution in [3.05, 3.63) is 23.8 Å². The average Bonchev–Trinajstić information content (AvgIpc) is 2.84. The first kappa shape index (κ1) is 13.4. The lowest BCUT2D eigenvalue weighted by Crippen LogP contribution is -2.23. The monoisotopic (exact) mass is 263 g/mol. The second-order valence-corrected chi connectivity index (χ2v) is 4.35. The van der Waals surface area contributed by atoms with Crippen LogP contribution in [0.4, 0.5) is 5.69 Å². The highest BCUT2D eigenvalue weighted by molar-refractivity contribution is 5.64. The Labute approximate surface area is 110 Å². The molecule has 0 fully saturated rings. The first-order valence-corrected chi connectivity index (χ1v) is 5.98. The van der Waals surface area contributed by atoms with Crippen LogP contribution in [0.25, 0.3) is 11.4 Å². The number of anilines is 1. The molecule has 0 bridgehead atoms. The van der Waals surface area contributed by atoms with Crippen molar-refractivity contribution >= 4 is 5.69 Å². The molecule has 7 nitrogen and oxygen atoms in total. The highest BCUT2D eigenvalue weighted by Gasteiger charge is 2.08. The number of tetrazole rings is 1. The van der Waals surface area contributed by atoms with Gasteiger partial charge < -0.3 is 15.5 Å². The number of hydrogen-bond donors (Lipinski definition) is 3. The van der Waals surface area contributed by atoms with E-state index in [9.17, 15) is 5.11 Å². The molecule has 1 aromatic carbocycles. The second kappa shape index (κ2) is 5.77. The van der Waals surface area contributed by atoms with Gasteiger partial charge in [-0.3, -0.25) is 0 Å². The minimum Gasteiger partial charge on any atom is -0.394 e. The third-order valence-corrected chi connectivity index (χ3v) is 2.74. The normalized spacial score (nSPS) is 12.4. The molecule has 0 amide bonds. The Morgan fingerprint density at radius 3 is 2.84 bits per heavy atom. The van der Waals surface area contributed by atoms with Crippen molar-refractivity contribution in [3.8, 4) is 11.4 Å². The Bertz CT molecular complexity index is 555. The van der Waals surface area contributed by atoms with Crippen LogP contribution in [0, 0.1) is 6.92 Å². The molecule has 7 heteroatoms. The summed E-state index contributed by atoms with van der Waals surface area (Å²) in [6.45, 7) is 1.98. The first-order chi connectivity index (χ1) is 9.10. The van der Waals surface area contributed by atoms with Crippen LogP contribution in [0.2, 0.25) is 0 Å². The van der Waals surface area contributed by atoms with Gasteiger partial charge in [0, 0.05) is 17.8 Å². The van der Waals surface area contributed by atoms with Gasteiger partial charge in [0.15, 0.2) is 0 Å². The third kappa shape index (κ3) is 3.27. The van der Waals surface area contributed by atoms with Crippen molar-refractivity contribution < 1.29 is 10.2 Å². The Morgan fingerprint density at radius 1 is 1.42 bits per heavy atom. The van der Waals surface area contributed by atoms with Crippen LogP contribution in [0.1, 0.15) is 5.56 Å². The van der Waals surface area contributed by atoms with Crippen LogP contribution in [-0.4, -0.2) is 49.7 Å². The summed E-state index contributed by atoms with van der Waals surface area (Å²) < 4.78 is 0. The van der Waals surface area contributed by atoms with Gasteiger partial charge in [-0.2, -0.15) is 4.80 Å². The standard InChI is InChI=1S/C12H17N5O2/c1-8-3-4-9(12-14-16-17(2)15-12)5-11(8)13-6-10(19)7-18/h3-5,10,13,18-19H,6-7H2,1-2H3. The molecule has 1 aromatic heterocycles. The van der Waals surface area contributed by atoms with E-state index in [0.717, 1.165) is 16.8 Å². The summed E-state index contributed by atoms with van der Waals surface area (Å²) in [6.07, 6.45) is -0.780. The summed E-state index contributed by atoms with van der Waals surface area (Å²) in [5.41, 5.74) is 2.76.